The lowest BCUT2D eigenvalue weighted by Gasteiger charge is -2.17. The molecule has 1 fully saturated rings. The Morgan fingerprint density at radius 2 is 1.72 bits per heavy atom. The zero-order valence-electron chi connectivity index (χ0n) is 10.2. The first kappa shape index (κ1) is 11.3. The number of phenolic OH excluding ortho intramolecular Hbond substituents is 1. The van der Waals surface area contributed by atoms with Crippen LogP contribution in [-0.4, -0.2) is 29.0 Å². The normalized spacial score (nSPS) is 26.1. The van der Waals surface area contributed by atoms with Crippen molar-refractivity contribution in [3.05, 3.63) is 42.0 Å². The molecular formula is C15H17NO2. The molecule has 1 N–H and O–H groups in total. The fraction of sp³-hybridized carbons (Fsp3) is 0.400. The highest BCUT2D eigenvalue weighted by atomic mass is 16.3. The van der Waals surface area contributed by atoms with Crippen LogP contribution in [0.4, 0.5) is 0 Å². The number of amides is 1. The Kier molecular flexibility index (Phi) is 2.82. The van der Waals surface area contributed by atoms with Crippen LogP contribution < -0.4 is 0 Å². The molecule has 0 saturated carbocycles. The molecule has 0 radical (unpaired) electrons. The third kappa shape index (κ3) is 1.90. The molecule has 1 aliphatic carbocycles. The quantitative estimate of drug-likeness (QED) is 0.770. The van der Waals surface area contributed by atoms with Gasteiger partial charge >= 0.3 is 0 Å². The molecule has 1 amide bonds. The number of rotatable bonds is 1. The third-order valence-electron chi connectivity index (χ3n) is 4.04. The average Bonchev–Trinajstić information content (AvgIpc) is 2.82. The summed E-state index contributed by atoms with van der Waals surface area (Å²) < 4.78 is 0. The summed E-state index contributed by atoms with van der Waals surface area (Å²) in [5, 5.41) is 9.74. The predicted molar refractivity (Wildman–Crippen MR) is 69.4 cm³/mol. The van der Waals surface area contributed by atoms with Crippen molar-refractivity contribution in [2.75, 3.05) is 13.1 Å². The minimum atomic E-state index is -0.0394. The highest BCUT2D eigenvalue weighted by Gasteiger charge is 2.35. The lowest BCUT2D eigenvalue weighted by Crippen LogP contribution is -2.29. The fourth-order valence-electron chi connectivity index (χ4n) is 3.01. The van der Waals surface area contributed by atoms with E-state index >= 15 is 0 Å². The molecule has 3 rings (SSSR count). The van der Waals surface area contributed by atoms with Gasteiger partial charge in [-0.2, -0.15) is 0 Å². The maximum absolute atomic E-state index is 12.4. The van der Waals surface area contributed by atoms with E-state index in [0.717, 1.165) is 25.9 Å². The molecule has 18 heavy (non-hydrogen) atoms. The number of para-hydroxylation sites is 1. The molecule has 0 spiro atoms. The zero-order chi connectivity index (χ0) is 12.5. The summed E-state index contributed by atoms with van der Waals surface area (Å²) >= 11 is 0. The molecule has 1 heterocycles. The average molecular weight is 243 g/mol. The van der Waals surface area contributed by atoms with Crippen LogP contribution in [0, 0.1) is 11.8 Å². The first-order chi connectivity index (χ1) is 8.75. The van der Waals surface area contributed by atoms with Gasteiger partial charge in [0.05, 0.1) is 5.56 Å². The number of hydrogen-bond acceptors (Lipinski definition) is 2. The second kappa shape index (κ2) is 4.48. The summed E-state index contributed by atoms with van der Waals surface area (Å²) in [7, 11) is 0. The second-order valence-electron chi connectivity index (χ2n) is 5.19. The Morgan fingerprint density at radius 3 is 2.33 bits per heavy atom. The van der Waals surface area contributed by atoms with Crippen LogP contribution in [0.3, 0.4) is 0 Å². The van der Waals surface area contributed by atoms with Crippen molar-refractivity contribution >= 4 is 5.91 Å². The number of fused-ring (bicyclic) bond motifs is 1. The number of nitrogens with zero attached hydrogens (tertiary/aromatic N) is 1. The van der Waals surface area contributed by atoms with Gasteiger partial charge in [-0.1, -0.05) is 24.3 Å². The number of likely N-dealkylation sites (tertiary alicyclic amines) is 1. The zero-order valence-corrected chi connectivity index (χ0v) is 10.2. The van der Waals surface area contributed by atoms with Gasteiger partial charge < -0.3 is 10.0 Å². The van der Waals surface area contributed by atoms with E-state index in [1.54, 1.807) is 24.3 Å². The number of carbonyl (C=O) groups is 1. The summed E-state index contributed by atoms with van der Waals surface area (Å²) in [6.07, 6.45) is 6.59. The highest BCUT2D eigenvalue weighted by molar-refractivity contribution is 5.97. The van der Waals surface area contributed by atoms with Gasteiger partial charge in [0.1, 0.15) is 5.75 Å². The smallest absolute Gasteiger partial charge is 0.257 e. The molecule has 3 nitrogen and oxygen atoms in total. The van der Waals surface area contributed by atoms with Crippen LogP contribution in [-0.2, 0) is 0 Å². The number of hydrogen-bond donors (Lipinski definition) is 1. The monoisotopic (exact) mass is 243 g/mol. The lowest BCUT2D eigenvalue weighted by molar-refractivity contribution is 0.0781. The Balaban J connectivity index is 1.77. The Labute approximate surface area is 107 Å². The number of allylic oxidation sites excluding steroid dienone is 2. The van der Waals surface area contributed by atoms with E-state index in [4.69, 9.17) is 0 Å². The SMILES string of the molecule is O=C(c1ccccc1O)N1CC2CC=CCC2C1. The van der Waals surface area contributed by atoms with E-state index in [2.05, 4.69) is 12.2 Å². The maximum atomic E-state index is 12.4. The number of aromatic hydroxyl groups is 1. The van der Waals surface area contributed by atoms with Gasteiger partial charge in [-0.3, -0.25) is 4.79 Å². The number of phenols is 1. The summed E-state index contributed by atoms with van der Waals surface area (Å²) in [6.45, 7) is 1.64. The summed E-state index contributed by atoms with van der Waals surface area (Å²) in [4.78, 5) is 14.2. The largest absolute Gasteiger partial charge is 0.507 e. The van der Waals surface area contributed by atoms with E-state index in [1.165, 1.54) is 0 Å². The number of carbonyl (C=O) groups excluding carboxylic acids is 1. The molecule has 1 aromatic carbocycles. The van der Waals surface area contributed by atoms with Crippen LogP contribution in [0.1, 0.15) is 23.2 Å². The molecule has 1 aliphatic heterocycles. The molecule has 2 aliphatic rings. The van der Waals surface area contributed by atoms with Gasteiger partial charge in [0.15, 0.2) is 0 Å². The van der Waals surface area contributed by atoms with Gasteiger partial charge in [0.25, 0.3) is 5.91 Å². The second-order valence-corrected chi connectivity index (χ2v) is 5.19. The van der Waals surface area contributed by atoms with Crippen LogP contribution in [0.25, 0.3) is 0 Å². The lowest BCUT2D eigenvalue weighted by atomic mass is 9.86. The fourth-order valence-corrected chi connectivity index (χ4v) is 3.01. The first-order valence-electron chi connectivity index (χ1n) is 6.48. The van der Waals surface area contributed by atoms with E-state index < -0.39 is 0 Å². The van der Waals surface area contributed by atoms with Gasteiger partial charge in [-0.05, 0) is 36.8 Å². The minimum absolute atomic E-state index is 0.0394. The summed E-state index contributed by atoms with van der Waals surface area (Å²) in [6, 6.07) is 6.78. The topological polar surface area (TPSA) is 40.5 Å². The van der Waals surface area contributed by atoms with E-state index in [0.29, 0.717) is 17.4 Å². The Hall–Kier alpha value is -1.77. The van der Waals surface area contributed by atoms with E-state index in [-0.39, 0.29) is 11.7 Å². The molecule has 0 bridgehead atoms. The third-order valence-corrected chi connectivity index (χ3v) is 4.04. The van der Waals surface area contributed by atoms with E-state index in [1.807, 2.05) is 4.90 Å². The Morgan fingerprint density at radius 1 is 1.11 bits per heavy atom. The standard InChI is InChI=1S/C15H17NO2/c17-14-8-4-3-7-13(14)15(18)16-9-11-5-1-2-6-12(11)10-16/h1-4,7-8,11-12,17H,5-6,9-10H2. The highest BCUT2D eigenvalue weighted by Crippen LogP contribution is 2.34. The number of benzene rings is 1. The minimum Gasteiger partial charge on any atom is -0.507 e. The van der Waals surface area contributed by atoms with Crippen molar-refractivity contribution in [2.45, 2.75) is 12.8 Å². The van der Waals surface area contributed by atoms with Gasteiger partial charge in [-0.15, -0.1) is 0 Å². The van der Waals surface area contributed by atoms with Crippen molar-refractivity contribution in [3.8, 4) is 5.75 Å². The van der Waals surface area contributed by atoms with E-state index in [9.17, 15) is 9.90 Å². The van der Waals surface area contributed by atoms with Crippen molar-refractivity contribution in [3.63, 3.8) is 0 Å². The molecule has 1 aromatic rings. The predicted octanol–water partition coefficient (Wildman–Crippen LogP) is 2.43. The molecule has 94 valence electrons. The molecule has 1 saturated heterocycles. The van der Waals surface area contributed by atoms with Gasteiger partial charge in [-0.25, -0.2) is 0 Å². The van der Waals surface area contributed by atoms with Gasteiger partial charge in [0, 0.05) is 13.1 Å². The maximum Gasteiger partial charge on any atom is 0.257 e. The van der Waals surface area contributed by atoms with Crippen molar-refractivity contribution in [1.82, 2.24) is 4.90 Å². The molecule has 2 atom stereocenters. The van der Waals surface area contributed by atoms with Crippen LogP contribution in [0.2, 0.25) is 0 Å². The van der Waals surface area contributed by atoms with Crippen LogP contribution >= 0.6 is 0 Å². The van der Waals surface area contributed by atoms with Crippen molar-refractivity contribution in [2.24, 2.45) is 11.8 Å². The van der Waals surface area contributed by atoms with Crippen molar-refractivity contribution in [1.29, 1.82) is 0 Å². The van der Waals surface area contributed by atoms with Crippen LogP contribution in [0.15, 0.2) is 36.4 Å². The summed E-state index contributed by atoms with van der Waals surface area (Å²) in [5.41, 5.74) is 0.420. The van der Waals surface area contributed by atoms with Crippen molar-refractivity contribution < 1.29 is 9.90 Å². The van der Waals surface area contributed by atoms with Gasteiger partial charge in [0.2, 0.25) is 0 Å². The molecular weight excluding hydrogens is 226 g/mol. The van der Waals surface area contributed by atoms with Crippen LogP contribution in [0.5, 0.6) is 5.75 Å². The molecule has 3 heteroatoms. The Bertz CT molecular complexity index is 479. The molecule has 0 aromatic heterocycles. The molecule has 2 unspecified atom stereocenters. The first-order valence-corrected chi connectivity index (χ1v) is 6.48. The summed E-state index contributed by atoms with van der Waals surface area (Å²) in [5.74, 6) is 1.24.